The van der Waals surface area contributed by atoms with Crippen molar-refractivity contribution in [3.63, 3.8) is 0 Å². The van der Waals surface area contributed by atoms with Crippen LogP contribution >= 0.6 is 0 Å². The van der Waals surface area contributed by atoms with Gasteiger partial charge >= 0.3 is 0 Å². The molecule has 0 aliphatic rings. The van der Waals surface area contributed by atoms with Gasteiger partial charge in [0.2, 0.25) is 17.8 Å². The second-order valence-electron chi connectivity index (χ2n) is 4.46. The average molecular weight is 300 g/mol. The van der Waals surface area contributed by atoms with Crippen molar-refractivity contribution in [2.75, 3.05) is 54.2 Å². The predicted octanol–water partition coefficient (Wildman–Crippen LogP) is 0.940. The molecule has 0 saturated heterocycles. The Labute approximate surface area is 123 Å². The lowest BCUT2D eigenvalue weighted by atomic mass is 10.5. The number of nitrogens with one attached hydrogen (secondary N) is 2. The monoisotopic (exact) mass is 300 g/mol. The van der Waals surface area contributed by atoms with Gasteiger partial charge in [-0.3, -0.25) is 4.21 Å². The van der Waals surface area contributed by atoms with E-state index in [-0.39, 0.29) is 0 Å². The van der Waals surface area contributed by atoms with Crippen LogP contribution < -0.4 is 15.5 Å². The third-order valence-electron chi connectivity index (χ3n) is 2.49. The summed E-state index contributed by atoms with van der Waals surface area (Å²) in [5.41, 5.74) is 0. The molecule has 114 valence electrons. The van der Waals surface area contributed by atoms with Gasteiger partial charge in [0.25, 0.3) is 0 Å². The van der Waals surface area contributed by atoms with Crippen molar-refractivity contribution in [3.05, 3.63) is 0 Å². The zero-order valence-corrected chi connectivity index (χ0v) is 13.5. The highest BCUT2D eigenvalue weighted by Gasteiger charge is 2.07. The van der Waals surface area contributed by atoms with Gasteiger partial charge < -0.3 is 15.5 Å². The van der Waals surface area contributed by atoms with Crippen LogP contribution in [0.25, 0.3) is 0 Å². The Kier molecular flexibility index (Phi) is 7.21. The van der Waals surface area contributed by atoms with Crippen LogP contribution in [0.2, 0.25) is 0 Å². The van der Waals surface area contributed by atoms with Crippen molar-refractivity contribution in [2.45, 2.75) is 20.3 Å². The molecule has 1 unspecified atom stereocenters. The van der Waals surface area contributed by atoms with E-state index in [4.69, 9.17) is 0 Å². The zero-order chi connectivity index (χ0) is 15.0. The van der Waals surface area contributed by atoms with Gasteiger partial charge in [-0.15, -0.1) is 0 Å². The topological polar surface area (TPSA) is 83.0 Å². The molecule has 0 amide bonds. The third kappa shape index (κ3) is 5.68. The lowest BCUT2D eigenvalue weighted by molar-refractivity contribution is 0.684. The van der Waals surface area contributed by atoms with Gasteiger partial charge in [-0.1, -0.05) is 13.8 Å². The molecule has 0 radical (unpaired) electrons. The van der Waals surface area contributed by atoms with Crippen molar-refractivity contribution in [3.8, 4) is 0 Å². The third-order valence-corrected chi connectivity index (χ3v) is 3.79. The Bertz CT molecular complexity index is 440. The summed E-state index contributed by atoms with van der Waals surface area (Å²) in [6.07, 6.45) is 1.00. The van der Waals surface area contributed by atoms with E-state index in [1.54, 1.807) is 0 Å². The molecule has 1 aromatic rings. The minimum Gasteiger partial charge on any atom is -0.354 e. The standard InChI is InChI=1S/C12H24N6OS/c1-5-7-13-10-15-11(14-8-9-20(19)6-2)17-12(16-10)18(3)4/h5-9H2,1-4H3,(H2,13,14,15,16,17). The van der Waals surface area contributed by atoms with Gasteiger partial charge in [-0.2, -0.15) is 15.0 Å². The first-order chi connectivity index (χ1) is 9.56. The highest BCUT2D eigenvalue weighted by Crippen LogP contribution is 2.11. The first kappa shape index (κ1) is 16.6. The molecule has 0 saturated carbocycles. The van der Waals surface area contributed by atoms with Crippen LogP contribution in [0.5, 0.6) is 0 Å². The summed E-state index contributed by atoms with van der Waals surface area (Å²) in [7, 11) is 2.98. The molecule has 0 fully saturated rings. The minimum absolute atomic E-state index is 0.510. The van der Waals surface area contributed by atoms with Gasteiger partial charge in [0.05, 0.1) is 0 Å². The van der Waals surface area contributed by atoms with Crippen LogP contribution in [0, 0.1) is 0 Å². The summed E-state index contributed by atoms with van der Waals surface area (Å²) < 4.78 is 11.4. The molecule has 0 aliphatic carbocycles. The molecule has 1 heterocycles. The Balaban J connectivity index is 2.72. The lowest BCUT2D eigenvalue weighted by Gasteiger charge is -2.13. The van der Waals surface area contributed by atoms with E-state index in [1.807, 2.05) is 25.9 Å². The number of hydrogen-bond acceptors (Lipinski definition) is 7. The molecule has 1 rings (SSSR count). The molecule has 1 atom stereocenters. The van der Waals surface area contributed by atoms with Crippen molar-refractivity contribution >= 4 is 28.6 Å². The van der Waals surface area contributed by atoms with Gasteiger partial charge in [-0.25, -0.2) is 0 Å². The fraction of sp³-hybridized carbons (Fsp3) is 0.750. The fourth-order valence-corrected chi connectivity index (χ4v) is 2.00. The van der Waals surface area contributed by atoms with Crippen LogP contribution in [0.4, 0.5) is 17.8 Å². The van der Waals surface area contributed by atoms with E-state index in [0.717, 1.165) is 13.0 Å². The van der Waals surface area contributed by atoms with E-state index in [9.17, 15) is 4.21 Å². The second kappa shape index (κ2) is 8.68. The number of hydrogen-bond donors (Lipinski definition) is 2. The maximum Gasteiger partial charge on any atom is 0.231 e. The molecule has 2 N–H and O–H groups in total. The molecular weight excluding hydrogens is 276 g/mol. The zero-order valence-electron chi connectivity index (χ0n) is 12.6. The molecular formula is C12H24N6OS. The maximum absolute atomic E-state index is 11.4. The van der Waals surface area contributed by atoms with Gasteiger partial charge in [0.15, 0.2) is 0 Å². The summed E-state index contributed by atoms with van der Waals surface area (Å²) in [5.74, 6) is 2.93. The van der Waals surface area contributed by atoms with Crippen LogP contribution in [-0.4, -0.2) is 57.9 Å². The predicted molar refractivity (Wildman–Crippen MR) is 85.0 cm³/mol. The smallest absolute Gasteiger partial charge is 0.231 e. The number of anilines is 3. The fourth-order valence-electron chi connectivity index (χ4n) is 1.38. The van der Waals surface area contributed by atoms with Gasteiger partial charge in [0.1, 0.15) is 0 Å². The molecule has 0 aromatic carbocycles. The van der Waals surface area contributed by atoms with E-state index >= 15 is 0 Å². The van der Waals surface area contributed by atoms with E-state index in [2.05, 4.69) is 32.5 Å². The lowest BCUT2D eigenvalue weighted by Crippen LogP contribution is -2.19. The Morgan fingerprint density at radius 2 is 1.65 bits per heavy atom. The maximum atomic E-state index is 11.4. The molecule has 8 heteroatoms. The van der Waals surface area contributed by atoms with Crippen molar-refractivity contribution in [1.82, 2.24) is 15.0 Å². The Hall–Kier alpha value is -1.44. The molecule has 1 aromatic heterocycles. The summed E-state index contributed by atoms with van der Waals surface area (Å²) >= 11 is 0. The number of aromatic nitrogens is 3. The van der Waals surface area contributed by atoms with Crippen molar-refractivity contribution < 1.29 is 4.21 Å². The second-order valence-corrected chi connectivity index (χ2v) is 6.33. The van der Waals surface area contributed by atoms with E-state index in [0.29, 0.717) is 35.9 Å². The Morgan fingerprint density at radius 1 is 1.05 bits per heavy atom. The van der Waals surface area contributed by atoms with Crippen LogP contribution in [0.3, 0.4) is 0 Å². The minimum atomic E-state index is -0.785. The average Bonchev–Trinajstić information content (AvgIpc) is 2.44. The van der Waals surface area contributed by atoms with E-state index in [1.165, 1.54) is 0 Å². The molecule has 7 nitrogen and oxygen atoms in total. The molecule has 20 heavy (non-hydrogen) atoms. The quantitative estimate of drug-likeness (QED) is 0.702. The van der Waals surface area contributed by atoms with Gasteiger partial charge in [0, 0.05) is 49.5 Å². The number of rotatable bonds is 9. The normalized spacial score (nSPS) is 12.0. The van der Waals surface area contributed by atoms with Crippen LogP contribution in [-0.2, 0) is 10.8 Å². The van der Waals surface area contributed by atoms with Crippen LogP contribution in [0.15, 0.2) is 0 Å². The summed E-state index contributed by atoms with van der Waals surface area (Å²) in [6.45, 7) is 5.40. The van der Waals surface area contributed by atoms with E-state index < -0.39 is 10.8 Å². The van der Waals surface area contributed by atoms with Crippen molar-refractivity contribution in [2.24, 2.45) is 0 Å². The SMILES string of the molecule is CCCNc1nc(NCCS(=O)CC)nc(N(C)C)n1. The first-order valence-corrected chi connectivity index (χ1v) is 8.31. The highest BCUT2D eigenvalue weighted by atomic mass is 32.2. The summed E-state index contributed by atoms with van der Waals surface area (Å²) in [6, 6.07) is 0. The van der Waals surface area contributed by atoms with Crippen molar-refractivity contribution in [1.29, 1.82) is 0 Å². The Morgan fingerprint density at radius 3 is 2.15 bits per heavy atom. The molecule has 0 aliphatic heterocycles. The number of nitrogens with zero attached hydrogens (tertiary/aromatic N) is 4. The molecule has 0 spiro atoms. The van der Waals surface area contributed by atoms with Gasteiger partial charge in [-0.05, 0) is 6.42 Å². The largest absolute Gasteiger partial charge is 0.354 e. The highest BCUT2D eigenvalue weighted by molar-refractivity contribution is 7.84. The molecule has 0 bridgehead atoms. The summed E-state index contributed by atoms with van der Waals surface area (Å²) in [5, 5.41) is 6.25. The first-order valence-electron chi connectivity index (χ1n) is 6.83. The van der Waals surface area contributed by atoms with Crippen LogP contribution in [0.1, 0.15) is 20.3 Å². The summed E-state index contributed by atoms with van der Waals surface area (Å²) in [4.78, 5) is 14.8.